The summed E-state index contributed by atoms with van der Waals surface area (Å²) in [4.78, 5) is 24.7. The number of ether oxygens (including phenoxy) is 2. The molecule has 1 aromatic rings. The maximum atomic E-state index is 12.0. The van der Waals surface area contributed by atoms with Crippen molar-refractivity contribution in [3.8, 4) is 11.5 Å². The Morgan fingerprint density at radius 1 is 1.32 bits per heavy atom. The van der Waals surface area contributed by atoms with Crippen LogP contribution in [-0.2, 0) is 11.2 Å². The van der Waals surface area contributed by atoms with Crippen LogP contribution in [0, 0.1) is 5.92 Å². The van der Waals surface area contributed by atoms with Gasteiger partial charge in [-0.2, -0.15) is 0 Å². The number of likely N-dealkylation sites (tertiary alicyclic amines) is 1. The number of nitrogens with zero attached hydrogens (tertiary/aromatic N) is 1. The number of nitrogens with one attached hydrogen (secondary N) is 1. The van der Waals surface area contributed by atoms with Gasteiger partial charge in [-0.15, -0.1) is 0 Å². The van der Waals surface area contributed by atoms with Crippen LogP contribution in [0.25, 0.3) is 0 Å². The molecule has 0 aliphatic carbocycles. The first-order chi connectivity index (χ1) is 10.6. The van der Waals surface area contributed by atoms with Crippen LogP contribution in [0.5, 0.6) is 11.5 Å². The summed E-state index contributed by atoms with van der Waals surface area (Å²) in [6.07, 6.45) is 1.35. The number of nitrogens with two attached hydrogens (primary N) is 1. The highest BCUT2D eigenvalue weighted by atomic mass is 16.7. The molecule has 7 nitrogen and oxygen atoms in total. The summed E-state index contributed by atoms with van der Waals surface area (Å²) in [7, 11) is 0. The third-order valence-electron chi connectivity index (χ3n) is 4.00. The molecule has 0 spiro atoms. The van der Waals surface area contributed by atoms with Gasteiger partial charge in [0.1, 0.15) is 0 Å². The van der Waals surface area contributed by atoms with Crippen molar-refractivity contribution in [1.82, 2.24) is 10.2 Å². The molecule has 22 heavy (non-hydrogen) atoms. The standard InChI is InChI=1S/C15H19N3O4/c16-14(19)11-4-6-18(8-11)15(20)17-5-3-10-1-2-12-13(7-10)22-9-21-12/h1-2,7,11H,3-6,8-9H2,(H2,16,19)(H,17,20)/t11-/m1/s1. The molecule has 3 N–H and O–H groups in total. The number of rotatable bonds is 4. The summed E-state index contributed by atoms with van der Waals surface area (Å²) in [6, 6.07) is 5.60. The van der Waals surface area contributed by atoms with Gasteiger partial charge in [0.2, 0.25) is 12.7 Å². The zero-order valence-corrected chi connectivity index (χ0v) is 12.2. The number of hydrogen-bond acceptors (Lipinski definition) is 4. The van der Waals surface area contributed by atoms with Crippen molar-refractivity contribution in [1.29, 1.82) is 0 Å². The van der Waals surface area contributed by atoms with Crippen molar-refractivity contribution in [2.75, 3.05) is 26.4 Å². The lowest BCUT2D eigenvalue weighted by molar-refractivity contribution is -0.121. The van der Waals surface area contributed by atoms with Crippen LogP contribution in [0.3, 0.4) is 0 Å². The van der Waals surface area contributed by atoms with E-state index in [0.717, 1.165) is 17.1 Å². The molecular weight excluding hydrogens is 286 g/mol. The summed E-state index contributed by atoms with van der Waals surface area (Å²) in [5.41, 5.74) is 6.33. The Hall–Kier alpha value is -2.44. The van der Waals surface area contributed by atoms with Gasteiger partial charge >= 0.3 is 6.03 Å². The van der Waals surface area contributed by atoms with Crippen LogP contribution in [0.4, 0.5) is 4.79 Å². The van der Waals surface area contributed by atoms with Gasteiger partial charge in [0, 0.05) is 19.6 Å². The summed E-state index contributed by atoms with van der Waals surface area (Å²) < 4.78 is 10.6. The van der Waals surface area contributed by atoms with Crippen molar-refractivity contribution in [2.24, 2.45) is 11.7 Å². The van der Waals surface area contributed by atoms with Crippen molar-refractivity contribution < 1.29 is 19.1 Å². The molecule has 0 aromatic heterocycles. The van der Waals surface area contributed by atoms with Gasteiger partial charge in [-0.25, -0.2) is 4.79 Å². The zero-order chi connectivity index (χ0) is 15.5. The van der Waals surface area contributed by atoms with Gasteiger partial charge in [0.15, 0.2) is 11.5 Å². The van der Waals surface area contributed by atoms with E-state index in [1.54, 1.807) is 4.90 Å². The van der Waals surface area contributed by atoms with Crippen LogP contribution >= 0.6 is 0 Å². The van der Waals surface area contributed by atoms with Crippen molar-refractivity contribution in [3.05, 3.63) is 23.8 Å². The SMILES string of the molecule is NC(=O)[C@@H]1CCN(C(=O)NCCc2ccc3c(c2)OCO3)C1. The van der Waals surface area contributed by atoms with Crippen LogP contribution in [0.1, 0.15) is 12.0 Å². The topological polar surface area (TPSA) is 93.9 Å². The molecule has 3 rings (SSSR count). The molecule has 0 unspecified atom stereocenters. The molecule has 0 saturated carbocycles. The fraction of sp³-hybridized carbons (Fsp3) is 0.467. The van der Waals surface area contributed by atoms with Gasteiger partial charge in [0.05, 0.1) is 5.92 Å². The van der Waals surface area contributed by atoms with Crippen molar-refractivity contribution >= 4 is 11.9 Å². The van der Waals surface area contributed by atoms with Crippen molar-refractivity contribution in [3.63, 3.8) is 0 Å². The van der Waals surface area contributed by atoms with E-state index in [1.165, 1.54) is 0 Å². The van der Waals surface area contributed by atoms with Crippen LogP contribution in [0.2, 0.25) is 0 Å². The van der Waals surface area contributed by atoms with E-state index in [0.29, 0.717) is 32.5 Å². The van der Waals surface area contributed by atoms with E-state index in [9.17, 15) is 9.59 Å². The number of urea groups is 1. The zero-order valence-electron chi connectivity index (χ0n) is 12.2. The summed E-state index contributed by atoms with van der Waals surface area (Å²) in [6.45, 7) is 1.76. The molecule has 0 bridgehead atoms. The van der Waals surface area contributed by atoms with E-state index in [4.69, 9.17) is 15.2 Å². The highest BCUT2D eigenvalue weighted by Gasteiger charge is 2.29. The third kappa shape index (κ3) is 3.08. The van der Waals surface area contributed by atoms with E-state index in [-0.39, 0.29) is 24.6 Å². The molecule has 0 radical (unpaired) electrons. The molecule has 1 fully saturated rings. The normalized spacial score (nSPS) is 19.3. The molecule has 2 heterocycles. The highest BCUT2D eigenvalue weighted by Crippen LogP contribution is 2.32. The van der Waals surface area contributed by atoms with Gasteiger partial charge in [-0.1, -0.05) is 6.07 Å². The van der Waals surface area contributed by atoms with Gasteiger partial charge < -0.3 is 25.4 Å². The minimum absolute atomic E-state index is 0.149. The summed E-state index contributed by atoms with van der Waals surface area (Å²) in [5.74, 6) is 0.935. The number of fused-ring (bicyclic) bond motifs is 1. The Morgan fingerprint density at radius 3 is 2.91 bits per heavy atom. The van der Waals surface area contributed by atoms with Crippen LogP contribution < -0.4 is 20.5 Å². The first-order valence-corrected chi connectivity index (χ1v) is 7.34. The minimum atomic E-state index is -0.337. The largest absolute Gasteiger partial charge is 0.454 e. The first kappa shape index (κ1) is 14.5. The van der Waals surface area contributed by atoms with E-state index >= 15 is 0 Å². The van der Waals surface area contributed by atoms with Gasteiger partial charge in [0.25, 0.3) is 0 Å². The maximum Gasteiger partial charge on any atom is 0.317 e. The number of carbonyl (C=O) groups is 2. The second-order valence-electron chi connectivity index (χ2n) is 5.50. The molecule has 7 heteroatoms. The molecule has 118 valence electrons. The molecule has 2 aliphatic rings. The second kappa shape index (κ2) is 6.13. The lowest BCUT2D eigenvalue weighted by atomic mass is 10.1. The van der Waals surface area contributed by atoms with E-state index < -0.39 is 0 Å². The Bertz CT molecular complexity index is 590. The number of amides is 3. The van der Waals surface area contributed by atoms with E-state index in [2.05, 4.69) is 5.32 Å². The predicted octanol–water partition coefficient (Wildman–Crippen LogP) is 0.475. The second-order valence-corrected chi connectivity index (χ2v) is 5.50. The number of carbonyl (C=O) groups excluding carboxylic acids is 2. The lowest BCUT2D eigenvalue weighted by Crippen LogP contribution is -2.40. The van der Waals surface area contributed by atoms with Gasteiger partial charge in [-0.05, 0) is 30.5 Å². The Kier molecular flexibility index (Phi) is 4.04. The average Bonchev–Trinajstić information content (AvgIpc) is 3.16. The smallest absolute Gasteiger partial charge is 0.317 e. The van der Waals surface area contributed by atoms with E-state index in [1.807, 2.05) is 18.2 Å². The Morgan fingerprint density at radius 2 is 2.14 bits per heavy atom. The maximum absolute atomic E-state index is 12.0. The Balaban J connectivity index is 1.45. The fourth-order valence-corrected chi connectivity index (χ4v) is 2.70. The first-order valence-electron chi connectivity index (χ1n) is 7.34. The quantitative estimate of drug-likeness (QED) is 0.845. The molecule has 1 aromatic carbocycles. The number of primary amides is 1. The highest BCUT2D eigenvalue weighted by molar-refractivity contribution is 5.80. The fourth-order valence-electron chi connectivity index (χ4n) is 2.70. The molecule has 1 atom stereocenters. The Labute approximate surface area is 128 Å². The van der Waals surface area contributed by atoms with Crippen molar-refractivity contribution in [2.45, 2.75) is 12.8 Å². The number of hydrogen-bond donors (Lipinski definition) is 2. The molecule has 3 amide bonds. The van der Waals surface area contributed by atoms with Crippen LogP contribution in [-0.4, -0.2) is 43.3 Å². The molecule has 1 saturated heterocycles. The minimum Gasteiger partial charge on any atom is -0.454 e. The summed E-state index contributed by atoms with van der Waals surface area (Å²) >= 11 is 0. The van der Waals surface area contributed by atoms with Crippen LogP contribution in [0.15, 0.2) is 18.2 Å². The average molecular weight is 305 g/mol. The molecule has 2 aliphatic heterocycles. The number of benzene rings is 1. The predicted molar refractivity (Wildman–Crippen MR) is 78.5 cm³/mol. The lowest BCUT2D eigenvalue weighted by Gasteiger charge is -2.16. The van der Waals surface area contributed by atoms with Gasteiger partial charge in [-0.3, -0.25) is 4.79 Å². The monoisotopic (exact) mass is 305 g/mol. The molecular formula is C15H19N3O4. The summed E-state index contributed by atoms with van der Waals surface area (Å²) in [5, 5.41) is 2.86. The third-order valence-corrected chi connectivity index (χ3v) is 4.00.